The van der Waals surface area contributed by atoms with E-state index in [4.69, 9.17) is 4.74 Å². The van der Waals surface area contributed by atoms with Crippen LogP contribution in [0, 0.1) is 5.82 Å². The number of halogens is 1. The van der Waals surface area contributed by atoms with Crippen LogP contribution in [0.15, 0.2) is 67.4 Å². The molecule has 1 saturated heterocycles. The lowest BCUT2D eigenvalue weighted by molar-refractivity contribution is -0.131. The average Bonchev–Trinajstić information content (AvgIpc) is 3.62. The lowest BCUT2D eigenvalue weighted by atomic mass is 9.91. The van der Waals surface area contributed by atoms with Crippen molar-refractivity contribution in [2.45, 2.75) is 51.7 Å². The van der Waals surface area contributed by atoms with E-state index in [1.807, 2.05) is 30.3 Å². The number of hydrogen-bond donors (Lipinski definition) is 1. The predicted octanol–water partition coefficient (Wildman–Crippen LogP) is 5.13. The van der Waals surface area contributed by atoms with Gasteiger partial charge in [-0.15, -0.1) is 5.10 Å². The first kappa shape index (κ1) is 32.6. The molecular formula is C38H40FN9O3. The van der Waals surface area contributed by atoms with E-state index < -0.39 is 5.82 Å². The van der Waals surface area contributed by atoms with Gasteiger partial charge in [0, 0.05) is 87.0 Å². The minimum absolute atomic E-state index is 0.0269. The highest BCUT2D eigenvalue weighted by atomic mass is 19.1. The third kappa shape index (κ3) is 6.67. The van der Waals surface area contributed by atoms with Crippen molar-refractivity contribution in [3.05, 3.63) is 90.0 Å². The van der Waals surface area contributed by atoms with E-state index in [1.165, 1.54) is 0 Å². The highest BCUT2D eigenvalue weighted by Gasteiger charge is 2.30. The van der Waals surface area contributed by atoms with Gasteiger partial charge in [-0.2, -0.15) is 0 Å². The Labute approximate surface area is 294 Å². The Bertz CT molecular complexity index is 2100. The fraction of sp³-hybridized carbons (Fsp3) is 0.368. The maximum atomic E-state index is 16.7. The maximum Gasteiger partial charge on any atom is 0.270 e. The van der Waals surface area contributed by atoms with Gasteiger partial charge < -0.3 is 24.4 Å². The Kier molecular flexibility index (Phi) is 8.93. The Morgan fingerprint density at radius 2 is 1.86 bits per heavy atom. The third-order valence-electron chi connectivity index (χ3n) is 9.98. The third-order valence-corrected chi connectivity index (χ3v) is 9.98. The van der Waals surface area contributed by atoms with E-state index in [-0.39, 0.29) is 36.4 Å². The van der Waals surface area contributed by atoms with E-state index in [9.17, 15) is 9.59 Å². The molecule has 0 unspecified atom stereocenters. The number of aromatic amines is 1. The summed E-state index contributed by atoms with van der Waals surface area (Å²) in [5, 5.41) is 8.38. The Balaban J connectivity index is 1.07. The van der Waals surface area contributed by atoms with Crippen molar-refractivity contribution in [1.29, 1.82) is 0 Å². The maximum absolute atomic E-state index is 16.7. The molecular weight excluding hydrogens is 649 g/mol. The van der Waals surface area contributed by atoms with Gasteiger partial charge in [0.2, 0.25) is 5.91 Å². The lowest BCUT2D eigenvalue weighted by Gasteiger charge is -2.35. The molecule has 6 heterocycles. The number of benzene rings is 1. The van der Waals surface area contributed by atoms with Crippen molar-refractivity contribution in [3.8, 4) is 16.9 Å². The van der Waals surface area contributed by atoms with Crippen molar-refractivity contribution in [3.63, 3.8) is 0 Å². The molecule has 51 heavy (non-hydrogen) atoms. The molecule has 3 aliphatic rings. The first-order valence-electron chi connectivity index (χ1n) is 17.7. The SMILES string of the molecule is CCc1ccncc1-c1cc(C2=CCCN(C(=O)CCn3ccnn3)C2)c(F)c2[nH]c(C(=O)N3CCN(c4ncccc4OC4CC4)CC3)cc12. The fourth-order valence-corrected chi connectivity index (χ4v) is 7.05. The second-order valence-corrected chi connectivity index (χ2v) is 13.3. The van der Waals surface area contributed by atoms with Crippen LogP contribution < -0.4 is 9.64 Å². The number of carbonyl (C=O) groups excluding carboxylic acids is 2. The Hall–Kier alpha value is -5.59. The second-order valence-electron chi connectivity index (χ2n) is 13.3. The highest BCUT2D eigenvalue weighted by molar-refractivity contribution is 6.05. The summed E-state index contributed by atoms with van der Waals surface area (Å²) >= 11 is 0. The summed E-state index contributed by atoms with van der Waals surface area (Å²) in [6.45, 7) is 5.53. The van der Waals surface area contributed by atoms with E-state index in [0.29, 0.717) is 62.3 Å². The van der Waals surface area contributed by atoms with Gasteiger partial charge in [0.15, 0.2) is 17.4 Å². The number of rotatable bonds is 10. The Morgan fingerprint density at radius 3 is 2.65 bits per heavy atom. The van der Waals surface area contributed by atoms with Gasteiger partial charge in [-0.1, -0.05) is 18.2 Å². The van der Waals surface area contributed by atoms with Crippen molar-refractivity contribution in [1.82, 2.24) is 39.7 Å². The van der Waals surface area contributed by atoms with Crippen molar-refractivity contribution in [2.24, 2.45) is 0 Å². The van der Waals surface area contributed by atoms with Gasteiger partial charge in [0.05, 0.1) is 24.4 Å². The number of aromatic nitrogens is 6. The largest absolute Gasteiger partial charge is 0.487 e. The quantitative estimate of drug-likeness (QED) is 0.214. The van der Waals surface area contributed by atoms with Gasteiger partial charge in [-0.3, -0.25) is 19.3 Å². The summed E-state index contributed by atoms with van der Waals surface area (Å²) < 4.78 is 24.5. The topological polar surface area (TPSA) is 125 Å². The predicted molar refractivity (Wildman–Crippen MR) is 191 cm³/mol. The van der Waals surface area contributed by atoms with Crippen LogP contribution in [0.4, 0.5) is 10.2 Å². The zero-order valence-electron chi connectivity index (χ0n) is 28.6. The molecule has 1 aromatic carbocycles. The van der Waals surface area contributed by atoms with Crippen molar-refractivity contribution >= 4 is 34.1 Å². The van der Waals surface area contributed by atoms with E-state index in [2.05, 4.69) is 37.1 Å². The molecule has 0 bridgehead atoms. The number of piperazine rings is 1. The lowest BCUT2D eigenvalue weighted by Crippen LogP contribution is -2.49. The minimum Gasteiger partial charge on any atom is -0.487 e. The number of ether oxygens (including phenoxy) is 1. The number of amides is 2. The summed E-state index contributed by atoms with van der Waals surface area (Å²) in [5.41, 5.74) is 4.48. The molecule has 5 aromatic rings. The number of fused-ring (bicyclic) bond motifs is 1. The zero-order chi connectivity index (χ0) is 34.9. The summed E-state index contributed by atoms with van der Waals surface area (Å²) in [6, 6.07) is 9.44. The smallest absolute Gasteiger partial charge is 0.270 e. The van der Waals surface area contributed by atoms with Crippen LogP contribution in [0.1, 0.15) is 54.2 Å². The molecule has 2 amide bonds. The number of pyridine rings is 2. The molecule has 1 N–H and O–H groups in total. The number of carbonyl (C=O) groups is 2. The molecule has 0 radical (unpaired) electrons. The number of H-pyrrole nitrogens is 1. The second kappa shape index (κ2) is 14.0. The molecule has 0 spiro atoms. The van der Waals surface area contributed by atoms with Gasteiger partial charge in [-0.05, 0) is 72.7 Å². The minimum atomic E-state index is -0.443. The van der Waals surface area contributed by atoms with Gasteiger partial charge >= 0.3 is 0 Å². The summed E-state index contributed by atoms with van der Waals surface area (Å²) in [4.78, 5) is 45.1. The fourth-order valence-electron chi connectivity index (χ4n) is 7.05. The molecule has 12 nitrogen and oxygen atoms in total. The van der Waals surface area contributed by atoms with Gasteiger partial charge in [0.1, 0.15) is 5.69 Å². The van der Waals surface area contributed by atoms with E-state index in [0.717, 1.165) is 53.1 Å². The Morgan fingerprint density at radius 1 is 1.00 bits per heavy atom. The first-order valence-corrected chi connectivity index (χ1v) is 17.7. The van der Waals surface area contributed by atoms with Crippen LogP contribution in [0.3, 0.4) is 0 Å². The monoisotopic (exact) mass is 689 g/mol. The van der Waals surface area contributed by atoms with E-state index in [1.54, 1.807) is 51.5 Å². The molecule has 2 aliphatic heterocycles. The van der Waals surface area contributed by atoms with Crippen LogP contribution in [0.2, 0.25) is 0 Å². The molecule has 8 rings (SSSR count). The summed E-state index contributed by atoms with van der Waals surface area (Å²) in [5.74, 6) is 0.929. The van der Waals surface area contributed by atoms with Gasteiger partial charge in [-0.25, -0.2) is 9.37 Å². The molecule has 0 atom stereocenters. The molecule has 4 aromatic heterocycles. The van der Waals surface area contributed by atoms with Crippen LogP contribution in [0.25, 0.3) is 27.6 Å². The van der Waals surface area contributed by atoms with Crippen LogP contribution in [0.5, 0.6) is 5.75 Å². The molecule has 1 saturated carbocycles. The normalized spacial score (nSPS) is 16.4. The summed E-state index contributed by atoms with van der Waals surface area (Å²) in [6.07, 6.45) is 14.7. The first-order chi connectivity index (χ1) is 25.0. The van der Waals surface area contributed by atoms with Crippen LogP contribution in [-0.2, 0) is 17.8 Å². The molecule has 2 fully saturated rings. The van der Waals surface area contributed by atoms with Crippen molar-refractivity contribution in [2.75, 3.05) is 44.2 Å². The molecule has 262 valence electrons. The zero-order valence-corrected chi connectivity index (χ0v) is 28.6. The highest BCUT2D eigenvalue weighted by Crippen LogP contribution is 2.38. The number of nitrogens with one attached hydrogen (secondary N) is 1. The van der Waals surface area contributed by atoms with E-state index >= 15 is 4.39 Å². The number of anilines is 1. The van der Waals surface area contributed by atoms with Gasteiger partial charge in [0.25, 0.3) is 5.91 Å². The number of hydrogen-bond acceptors (Lipinski definition) is 8. The van der Waals surface area contributed by atoms with Crippen molar-refractivity contribution < 1.29 is 18.7 Å². The number of nitrogens with zero attached hydrogens (tertiary/aromatic N) is 8. The van der Waals surface area contributed by atoms with Crippen LogP contribution in [-0.4, -0.2) is 96.9 Å². The average molecular weight is 690 g/mol. The molecule has 13 heteroatoms. The standard InChI is InChI=1S/C38H40FN9O3/c1-2-25-9-12-40-23-31(25)29-21-28(26-5-4-14-47(24-26)34(49)10-15-48-16-13-42-44-48)35(39)36-30(29)22-32(43-36)38(50)46-19-17-45(18-20-46)37-33(6-3-11-41-37)51-27-7-8-27/h3,5-6,9,11-13,16,21-23,27,43H,2,4,7-8,10,14-15,17-20,24H2,1H3. The number of aryl methyl sites for hydroxylation is 2. The summed E-state index contributed by atoms with van der Waals surface area (Å²) in [7, 11) is 0. The molecule has 1 aliphatic carbocycles. The van der Waals surface area contributed by atoms with Crippen LogP contribution >= 0.6 is 0 Å².